The molecular formula is C21H27N3O. The van der Waals surface area contributed by atoms with Gasteiger partial charge in [-0.3, -0.25) is 0 Å². The summed E-state index contributed by atoms with van der Waals surface area (Å²) in [5, 5.41) is 3.76. The molecule has 4 nitrogen and oxygen atoms in total. The van der Waals surface area contributed by atoms with E-state index in [-0.39, 0.29) is 0 Å². The molecule has 0 saturated carbocycles. The Kier molecular flexibility index (Phi) is 4.73. The highest BCUT2D eigenvalue weighted by Gasteiger charge is 2.33. The van der Waals surface area contributed by atoms with E-state index in [0.29, 0.717) is 11.9 Å². The van der Waals surface area contributed by atoms with Gasteiger partial charge in [-0.15, -0.1) is 0 Å². The van der Waals surface area contributed by atoms with Gasteiger partial charge in [-0.05, 0) is 62.9 Å². The molecule has 3 fully saturated rings. The number of aryl methyl sites for hydroxylation is 2. The van der Waals surface area contributed by atoms with Gasteiger partial charge in [0.1, 0.15) is 5.75 Å². The molecule has 3 aliphatic rings. The molecular weight excluding hydrogens is 310 g/mol. The zero-order valence-electron chi connectivity index (χ0n) is 15.2. The number of hydrogen-bond acceptors (Lipinski definition) is 4. The van der Waals surface area contributed by atoms with Crippen LogP contribution < -0.4 is 10.1 Å². The molecule has 3 saturated heterocycles. The normalized spacial score (nSPS) is 25.1. The van der Waals surface area contributed by atoms with Crippen molar-refractivity contribution in [3.63, 3.8) is 0 Å². The first-order valence-corrected chi connectivity index (χ1v) is 9.34. The lowest BCUT2D eigenvalue weighted by atomic mass is 9.84. The Morgan fingerprint density at radius 1 is 1.12 bits per heavy atom. The van der Waals surface area contributed by atoms with Crippen molar-refractivity contribution in [3.8, 4) is 11.6 Å². The van der Waals surface area contributed by atoms with Gasteiger partial charge in [0.25, 0.3) is 0 Å². The highest BCUT2D eigenvalue weighted by molar-refractivity contribution is 5.43. The third-order valence-electron chi connectivity index (χ3n) is 5.67. The maximum absolute atomic E-state index is 6.21. The summed E-state index contributed by atoms with van der Waals surface area (Å²) in [5.41, 5.74) is 3.41. The van der Waals surface area contributed by atoms with Gasteiger partial charge in [0.05, 0.1) is 0 Å². The Balaban J connectivity index is 1.48. The number of fused-ring (bicyclic) bond motifs is 3. The molecule has 5 rings (SSSR count). The van der Waals surface area contributed by atoms with E-state index in [1.807, 2.05) is 6.07 Å². The predicted molar refractivity (Wildman–Crippen MR) is 100 cm³/mol. The van der Waals surface area contributed by atoms with E-state index in [9.17, 15) is 0 Å². The predicted octanol–water partition coefficient (Wildman–Crippen LogP) is 3.67. The fourth-order valence-electron chi connectivity index (χ4n) is 4.14. The van der Waals surface area contributed by atoms with Crippen molar-refractivity contribution in [2.45, 2.75) is 39.3 Å². The molecule has 132 valence electrons. The minimum absolute atomic E-state index is 0.593. The van der Waals surface area contributed by atoms with Crippen molar-refractivity contribution in [2.75, 3.05) is 19.6 Å². The third kappa shape index (κ3) is 3.55. The molecule has 4 heteroatoms. The van der Waals surface area contributed by atoms with Crippen molar-refractivity contribution < 1.29 is 4.74 Å². The lowest BCUT2D eigenvalue weighted by molar-refractivity contribution is 0.0719. The second kappa shape index (κ2) is 7.14. The molecule has 0 radical (unpaired) electrons. The van der Waals surface area contributed by atoms with Gasteiger partial charge in [-0.1, -0.05) is 24.3 Å². The molecule has 0 spiro atoms. The van der Waals surface area contributed by atoms with Crippen LogP contribution >= 0.6 is 0 Å². The van der Waals surface area contributed by atoms with E-state index in [2.05, 4.69) is 53.3 Å². The highest BCUT2D eigenvalue weighted by atomic mass is 16.5. The topological polar surface area (TPSA) is 37.4 Å². The zero-order chi connectivity index (χ0) is 17.2. The van der Waals surface area contributed by atoms with Crippen LogP contribution in [0.5, 0.6) is 11.6 Å². The van der Waals surface area contributed by atoms with E-state index in [4.69, 9.17) is 4.74 Å². The van der Waals surface area contributed by atoms with E-state index in [0.717, 1.165) is 34.9 Å². The SMILES string of the molecule is Cc1cccc(C)c1Oc1ncccc1CNC1CN2CCC1CC2. The monoisotopic (exact) mass is 337 g/mol. The number of pyridine rings is 1. The van der Waals surface area contributed by atoms with E-state index < -0.39 is 0 Å². The Morgan fingerprint density at radius 3 is 2.56 bits per heavy atom. The van der Waals surface area contributed by atoms with Crippen LogP contribution in [0.15, 0.2) is 36.5 Å². The maximum Gasteiger partial charge on any atom is 0.223 e. The van der Waals surface area contributed by atoms with Crippen LogP contribution in [-0.2, 0) is 6.54 Å². The summed E-state index contributed by atoms with van der Waals surface area (Å²) in [6, 6.07) is 10.9. The quantitative estimate of drug-likeness (QED) is 0.903. The van der Waals surface area contributed by atoms with Crippen molar-refractivity contribution >= 4 is 0 Å². The van der Waals surface area contributed by atoms with Crippen molar-refractivity contribution in [3.05, 3.63) is 53.2 Å². The fraction of sp³-hybridized carbons (Fsp3) is 0.476. The first-order valence-electron chi connectivity index (χ1n) is 9.34. The number of para-hydroxylation sites is 1. The lowest BCUT2D eigenvalue weighted by Gasteiger charge is -2.45. The molecule has 3 aliphatic heterocycles. The molecule has 1 atom stereocenters. The van der Waals surface area contributed by atoms with Gasteiger partial charge in [0.2, 0.25) is 5.88 Å². The van der Waals surface area contributed by atoms with Gasteiger partial charge in [0.15, 0.2) is 0 Å². The summed E-state index contributed by atoms with van der Waals surface area (Å²) in [7, 11) is 0. The van der Waals surface area contributed by atoms with E-state index >= 15 is 0 Å². The van der Waals surface area contributed by atoms with Gasteiger partial charge in [-0.25, -0.2) is 4.98 Å². The fourth-order valence-corrected chi connectivity index (χ4v) is 4.14. The summed E-state index contributed by atoms with van der Waals surface area (Å²) in [6.07, 6.45) is 4.47. The first kappa shape index (κ1) is 16.6. The molecule has 25 heavy (non-hydrogen) atoms. The Labute approximate surface area is 150 Å². The van der Waals surface area contributed by atoms with Crippen LogP contribution in [0.2, 0.25) is 0 Å². The summed E-state index contributed by atoms with van der Waals surface area (Å²) >= 11 is 0. The molecule has 1 aromatic carbocycles. The standard InChI is InChI=1S/C21H27N3O/c1-15-5-3-6-16(2)20(15)25-21-18(7-4-10-22-21)13-23-19-14-24-11-8-17(19)9-12-24/h3-7,10,17,19,23H,8-9,11-14H2,1-2H3. The van der Waals surface area contributed by atoms with Crippen LogP contribution in [0.25, 0.3) is 0 Å². The van der Waals surface area contributed by atoms with Crippen LogP contribution in [0.1, 0.15) is 29.5 Å². The number of nitrogens with one attached hydrogen (secondary N) is 1. The Bertz CT molecular complexity index is 717. The highest BCUT2D eigenvalue weighted by Crippen LogP contribution is 2.30. The molecule has 1 unspecified atom stereocenters. The molecule has 1 N–H and O–H groups in total. The molecule has 2 aromatic rings. The molecule has 1 aromatic heterocycles. The lowest BCUT2D eigenvalue weighted by Crippen LogP contribution is -2.55. The van der Waals surface area contributed by atoms with Crippen LogP contribution in [0.4, 0.5) is 0 Å². The number of hydrogen-bond donors (Lipinski definition) is 1. The minimum Gasteiger partial charge on any atom is -0.438 e. The van der Waals surface area contributed by atoms with E-state index in [1.165, 1.54) is 32.5 Å². The van der Waals surface area contributed by atoms with Crippen LogP contribution in [-0.4, -0.2) is 35.6 Å². The molecule has 0 aliphatic carbocycles. The first-order chi connectivity index (χ1) is 12.2. The van der Waals surface area contributed by atoms with Crippen molar-refractivity contribution in [1.82, 2.24) is 15.2 Å². The van der Waals surface area contributed by atoms with Gasteiger partial charge < -0.3 is 15.0 Å². The number of nitrogens with zero attached hydrogens (tertiary/aromatic N) is 2. The van der Waals surface area contributed by atoms with E-state index in [1.54, 1.807) is 6.20 Å². The summed E-state index contributed by atoms with van der Waals surface area (Å²) in [6.45, 7) is 8.70. The van der Waals surface area contributed by atoms with Crippen LogP contribution in [0, 0.1) is 19.8 Å². The number of piperidine rings is 3. The largest absolute Gasteiger partial charge is 0.438 e. The van der Waals surface area contributed by atoms with Gasteiger partial charge in [-0.2, -0.15) is 0 Å². The summed E-state index contributed by atoms with van der Waals surface area (Å²) in [4.78, 5) is 7.07. The smallest absolute Gasteiger partial charge is 0.223 e. The summed E-state index contributed by atoms with van der Waals surface area (Å²) in [5.74, 6) is 2.46. The second-order valence-electron chi connectivity index (χ2n) is 7.42. The number of benzene rings is 1. The molecule has 4 heterocycles. The second-order valence-corrected chi connectivity index (χ2v) is 7.42. The third-order valence-corrected chi connectivity index (χ3v) is 5.67. The molecule has 0 amide bonds. The van der Waals surface area contributed by atoms with Crippen molar-refractivity contribution in [1.29, 1.82) is 0 Å². The minimum atomic E-state index is 0.593. The Hall–Kier alpha value is -1.91. The number of aromatic nitrogens is 1. The zero-order valence-corrected chi connectivity index (χ0v) is 15.2. The number of rotatable bonds is 5. The summed E-state index contributed by atoms with van der Waals surface area (Å²) < 4.78 is 6.21. The van der Waals surface area contributed by atoms with Crippen molar-refractivity contribution in [2.24, 2.45) is 5.92 Å². The number of ether oxygens (including phenoxy) is 1. The van der Waals surface area contributed by atoms with Gasteiger partial charge >= 0.3 is 0 Å². The average molecular weight is 337 g/mol. The van der Waals surface area contributed by atoms with Crippen LogP contribution in [0.3, 0.4) is 0 Å². The maximum atomic E-state index is 6.21. The Morgan fingerprint density at radius 2 is 1.88 bits per heavy atom. The van der Waals surface area contributed by atoms with Gasteiger partial charge in [0, 0.05) is 30.9 Å². The molecule has 2 bridgehead atoms. The average Bonchev–Trinajstić information content (AvgIpc) is 2.65.